The van der Waals surface area contributed by atoms with Crippen molar-refractivity contribution in [3.05, 3.63) is 30.1 Å². The van der Waals surface area contributed by atoms with Crippen molar-refractivity contribution in [3.8, 4) is 0 Å². The number of nitrogens with zero attached hydrogens (tertiary/aromatic N) is 5. The first-order valence-corrected chi connectivity index (χ1v) is 4.73. The summed E-state index contributed by atoms with van der Waals surface area (Å²) in [5, 5.41) is 11.8. The van der Waals surface area contributed by atoms with Crippen LogP contribution in [0.3, 0.4) is 0 Å². The van der Waals surface area contributed by atoms with Gasteiger partial charge in [0.15, 0.2) is 0 Å². The van der Waals surface area contributed by atoms with Crippen LogP contribution in [-0.2, 0) is 19.5 Å². The number of alkyl halides is 1. The van der Waals surface area contributed by atoms with Crippen LogP contribution in [0.15, 0.2) is 18.7 Å². The molecule has 0 aliphatic rings. The summed E-state index contributed by atoms with van der Waals surface area (Å²) in [4.78, 5) is 0. The molecule has 74 valence electrons. The van der Waals surface area contributed by atoms with Crippen molar-refractivity contribution in [2.45, 2.75) is 12.4 Å². The summed E-state index contributed by atoms with van der Waals surface area (Å²) in [6, 6.07) is 0. The summed E-state index contributed by atoms with van der Waals surface area (Å²) >= 11 is 5.70. The first-order chi connectivity index (χ1) is 6.79. The van der Waals surface area contributed by atoms with Gasteiger partial charge in [0.2, 0.25) is 0 Å². The maximum absolute atomic E-state index is 5.70. The molecule has 0 radical (unpaired) electrons. The Balaban J connectivity index is 2.18. The van der Waals surface area contributed by atoms with Crippen LogP contribution in [0.25, 0.3) is 0 Å². The molecule has 0 unspecified atom stereocenters. The molecule has 5 nitrogen and oxygen atoms in total. The van der Waals surface area contributed by atoms with E-state index in [2.05, 4.69) is 15.3 Å². The second-order valence-corrected chi connectivity index (χ2v) is 3.30. The molecule has 0 saturated carbocycles. The Hall–Kier alpha value is -1.36. The molecular formula is C8H10ClN5. The third-order valence-corrected chi connectivity index (χ3v) is 2.17. The average Bonchev–Trinajstić information content (AvgIpc) is 2.76. The Morgan fingerprint density at radius 2 is 2.36 bits per heavy atom. The van der Waals surface area contributed by atoms with E-state index in [-0.39, 0.29) is 0 Å². The number of aryl methyl sites for hydroxylation is 1. The fraction of sp³-hybridized carbons (Fsp3) is 0.375. The Bertz CT molecular complexity index is 419. The summed E-state index contributed by atoms with van der Waals surface area (Å²) in [5.41, 5.74) is 1.11. The molecule has 0 aromatic carbocycles. The lowest BCUT2D eigenvalue weighted by molar-refractivity contribution is 0.746. The normalized spacial score (nSPS) is 10.7. The molecule has 0 aliphatic carbocycles. The van der Waals surface area contributed by atoms with Crippen molar-refractivity contribution >= 4 is 11.6 Å². The summed E-state index contributed by atoms with van der Waals surface area (Å²) in [5.74, 6) is 1.15. The van der Waals surface area contributed by atoms with E-state index in [1.54, 1.807) is 11.0 Å². The molecular weight excluding hydrogens is 202 g/mol. The van der Waals surface area contributed by atoms with E-state index < -0.39 is 0 Å². The van der Waals surface area contributed by atoms with E-state index in [0.29, 0.717) is 12.4 Å². The molecule has 2 aromatic heterocycles. The molecule has 2 aromatic rings. The maximum atomic E-state index is 5.70. The fourth-order valence-electron chi connectivity index (χ4n) is 1.26. The summed E-state index contributed by atoms with van der Waals surface area (Å²) in [6.07, 6.45) is 5.45. The zero-order valence-electron chi connectivity index (χ0n) is 7.76. The lowest BCUT2D eigenvalue weighted by atomic mass is 10.3. The van der Waals surface area contributed by atoms with Crippen LogP contribution < -0.4 is 0 Å². The molecule has 0 aliphatic heterocycles. The van der Waals surface area contributed by atoms with Crippen LogP contribution >= 0.6 is 11.6 Å². The minimum Gasteiger partial charge on any atom is -0.312 e. The molecule has 0 N–H and O–H groups in total. The van der Waals surface area contributed by atoms with Gasteiger partial charge in [-0.3, -0.25) is 4.68 Å². The van der Waals surface area contributed by atoms with Crippen molar-refractivity contribution in [2.75, 3.05) is 0 Å². The standard InChI is InChI=1S/C8H10ClN5/c1-13-4-7(3-11-13)5-14-6-10-12-8(14)2-9/h3-4,6H,2,5H2,1H3. The van der Waals surface area contributed by atoms with E-state index in [9.17, 15) is 0 Å². The molecule has 0 atom stereocenters. The summed E-state index contributed by atoms with van der Waals surface area (Å²) in [7, 11) is 1.89. The van der Waals surface area contributed by atoms with Gasteiger partial charge < -0.3 is 4.57 Å². The van der Waals surface area contributed by atoms with Crippen molar-refractivity contribution < 1.29 is 0 Å². The minimum absolute atomic E-state index is 0.375. The SMILES string of the molecule is Cn1cc(Cn2cnnc2CCl)cn1. The average molecular weight is 212 g/mol. The predicted molar refractivity (Wildman–Crippen MR) is 51.9 cm³/mol. The van der Waals surface area contributed by atoms with Crippen molar-refractivity contribution in [3.63, 3.8) is 0 Å². The third kappa shape index (κ3) is 1.77. The zero-order valence-corrected chi connectivity index (χ0v) is 8.52. The van der Waals surface area contributed by atoms with Crippen LogP contribution in [0.5, 0.6) is 0 Å². The lowest BCUT2D eigenvalue weighted by Crippen LogP contribution is -2.01. The number of hydrogen-bond acceptors (Lipinski definition) is 3. The largest absolute Gasteiger partial charge is 0.312 e. The van der Waals surface area contributed by atoms with Crippen LogP contribution in [0, 0.1) is 0 Å². The van der Waals surface area contributed by atoms with Crippen LogP contribution in [0.1, 0.15) is 11.4 Å². The molecule has 0 bridgehead atoms. The molecule has 0 amide bonds. The molecule has 0 spiro atoms. The van der Waals surface area contributed by atoms with Gasteiger partial charge in [0, 0.05) is 18.8 Å². The van der Waals surface area contributed by atoms with Gasteiger partial charge in [0.1, 0.15) is 12.2 Å². The van der Waals surface area contributed by atoms with E-state index >= 15 is 0 Å². The fourth-order valence-corrected chi connectivity index (χ4v) is 1.47. The van der Waals surface area contributed by atoms with Crippen LogP contribution in [-0.4, -0.2) is 24.5 Å². The monoisotopic (exact) mass is 211 g/mol. The van der Waals surface area contributed by atoms with E-state index in [1.165, 1.54) is 0 Å². The quantitative estimate of drug-likeness (QED) is 0.706. The topological polar surface area (TPSA) is 48.5 Å². The molecule has 2 rings (SSSR count). The molecule has 14 heavy (non-hydrogen) atoms. The highest BCUT2D eigenvalue weighted by molar-refractivity contribution is 6.16. The van der Waals surface area contributed by atoms with E-state index in [0.717, 1.165) is 11.4 Å². The molecule has 2 heterocycles. The first-order valence-electron chi connectivity index (χ1n) is 4.20. The van der Waals surface area contributed by atoms with Gasteiger partial charge >= 0.3 is 0 Å². The second-order valence-electron chi connectivity index (χ2n) is 3.03. The van der Waals surface area contributed by atoms with Gasteiger partial charge in [-0.2, -0.15) is 5.10 Å². The van der Waals surface area contributed by atoms with Crippen molar-refractivity contribution in [1.29, 1.82) is 0 Å². The molecule has 6 heteroatoms. The third-order valence-electron chi connectivity index (χ3n) is 1.93. The van der Waals surface area contributed by atoms with Crippen LogP contribution in [0.4, 0.5) is 0 Å². The highest BCUT2D eigenvalue weighted by Gasteiger charge is 2.04. The minimum atomic E-state index is 0.375. The Morgan fingerprint density at radius 1 is 1.50 bits per heavy atom. The van der Waals surface area contributed by atoms with E-state index in [4.69, 9.17) is 11.6 Å². The number of rotatable bonds is 3. The Labute approximate surface area is 86.3 Å². The van der Waals surface area contributed by atoms with Crippen LogP contribution in [0.2, 0.25) is 0 Å². The Kier molecular flexibility index (Phi) is 2.49. The highest BCUT2D eigenvalue weighted by Crippen LogP contribution is 2.04. The number of aromatic nitrogens is 5. The predicted octanol–water partition coefficient (Wildman–Crippen LogP) is 0.799. The number of hydrogen-bond donors (Lipinski definition) is 0. The first kappa shape index (κ1) is 9.21. The van der Waals surface area contributed by atoms with Gasteiger partial charge in [-0.05, 0) is 0 Å². The van der Waals surface area contributed by atoms with Gasteiger partial charge in [-0.25, -0.2) is 0 Å². The van der Waals surface area contributed by atoms with Crippen molar-refractivity contribution in [2.24, 2.45) is 7.05 Å². The lowest BCUT2D eigenvalue weighted by Gasteiger charge is -2.00. The smallest absolute Gasteiger partial charge is 0.148 e. The van der Waals surface area contributed by atoms with Crippen molar-refractivity contribution in [1.82, 2.24) is 24.5 Å². The Morgan fingerprint density at radius 3 is 3.00 bits per heavy atom. The zero-order chi connectivity index (χ0) is 9.97. The molecule has 0 fully saturated rings. The van der Waals surface area contributed by atoms with Gasteiger partial charge in [0.25, 0.3) is 0 Å². The summed E-state index contributed by atoms with van der Waals surface area (Å²) in [6.45, 7) is 0.711. The second kappa shape index (κ2) is 3.79. The highest BCUT2D eigenvalue weighted by atomic mass is 35.5. The van der Waals surface area contributed by atoms with Gasteiger partial charge in [0.05, 0.1) is 18.6 Å². The maximum Gasteiger partial charge on any atom is 0.148 e. The summed E-state index contributed by atoms with van der Waals surface area (Å²) < 4.78 is 3.67. The van der Waals surface area contributed by atoms with E-state index in [1.807, 2.05) is 24.0 Å². The van der Waals surface area contributed by atoms with Gasteiger partial charge in [-0.1, -0.05) is 0 Å². The molecule has 0 saturated heterocycles. The van der Waals surface area contributed by atoms with Gasteiger partial charge in [-0.15, -0.1) is 21.8 Å². The number of halogens is 1.